The normalized spacial score (nSPS) is 21.3. The predicted octanol–water partition coefficient (Wildman–Crippen LogP) is 6.23. The van der Waals surface area contributed by atoms with Crippen molar-refractivity contribution in [3.8, 4) is 0 Å². The highest BCUT2D eigenvalue weighted by Gasteiger charge is 2.43. The maximum absolute atomic E-state index is 13.7. The van der Waals surface area contributed by atoms with Crippen molar-refractivity contribution in [2.45, 2.75) is 63.1 Å². The van der Waals surface area contributed by atoms with Gasteiger partial charge in [0.25, 0.3) is 5.91 Å². The van der Waals surface area contributed by atoms with Gasteiger partial charge in [0, 0.05) is 49.8 Å². The second-order valence-electron chi connectivity index (χ2n) is 13.1. The lowest BCUT2D eigenvalue weighted by atomic mass is 9.71. The molecule has 3 aromatic rings. The van der Waals surface area contributed by atoms with E-state index in [4.69, 9.17) is 0 Å². The average Bonchev–Trinajstić information content (AvgIpc) is 3.25. The number of fused-ring (bicyclic) bond motifs is 1. The maximum atomic E-state index is 13.7. The molecule has 1 amide bonds. The number of piperidine rings is 2. The van der Waals surface area contributed by atoms with E-state index in [1.165, 1.54) is 5.69 Å². The second kappa shape index (κ2) is 11.2. The van der Waals surface area contributed by atoms with Gasteiger partial charge in [-0.05, 0) is 96.5 Å². The van der Waals surface area contributed by atoms with Gasteiger partial charge in [-0.3, -0.25) is 9.78 Å². The van der Waals surface area contributed by atoms with Crippen molar-refractivity contribution in [2.75, 3.05) is 31.1 Å². The van der Waals surface area contributed by atoms with Gasteiger partial charge < -0.3 is 9.80 Å². The minimum atomic E-state index is -4.66. The number of amides is 1. The average molecular weight is 627 g/mol. The van der Waals surface area contributed by atoms with Gasteiger partial charge in [-0.15, -0.1) is 0 Å². The van der Waals surface area contributed by atoms with Crippen LogP contribution in [0.4, 0.5) is 18.9 Å². The van der Waals surface area contributed by atoms with E-state index >= 15 is 0 Å². The smallest absolute Gasteiger partial charge is 0.371 e. The van der Waals surface area contributed by atoms with Gasteiger partial charge in [-0.25, -0.2) is 13.1 Å². The molecule has 1 atom stereocenters. The number of nitrogens with one attached hydrogen (secondary N) is 1. The molecule has 7 nitrogen and oxygen atoms in total. The predicted molar refractivity (Wildman–Crippen MR) is 162 cm³/mol. The fourth-order valence-electron chi connectivity index (χ4n) is 7.12. The van der Waals surface area contributed by atoms with Gasteiger partial charge in [0.1, 0.15) is 0 Å². The molecular formula is C33H37F3N4O3S. The standard InChI is InChI=1S/C33H37F3N4O3S/c1-31(2)22-24-7-6-23(20-28(24)29(31)38-44(42,43)27-5-3-4-25(21-27)33(34,35)36)30(41)40-18-12-32(13-19-40)10-16-39(17-11-32)26-8-14-37-15-9-26/h3-9,14-15,20-21,29,38H,10-13,16-19,22H2,1-2H3. The summed E-state index contributed by atoms with van der Waals surface area (Å²) in [6.45, 7) is 7.13. The quantitative estimate of drug-likeness (QED) is 0.364. The number of carbonyl (C=O) groups excluding carboxylic acids is 1. The molecule has 11 heteroatoms. The summed E-state index contributed by atoms with van der Waals surface area (Å²) in [5, 5.41) is 0. The molecule has 3 aliphatic rings. The largest absolute Gasteiger partial charge is 0.416 e. The van der Waals surface area contributed by atoms with Crippen LogP contribution in [0.3, 0.4) is 0 Å². The highest BCUT2D eigenvalue weighted by Crippen LogP contribution is 2.47. The minimum Gasteiger partial charge on any atom is -0.371 e. The van der Waals surface area contributed by atoms with Gasteiger partial charge in [-0.1, -0.05) is 26.0 Å². The number of aromatic nitrogens is 1. The molecule has 2 aliphatic heterocycles. The second-order valence-corrected chi connectivity index (χ2v) is 14.9. The van der Waals surface area contributed by atoms with Crippen LogP contribution in [0, 0.1) is 10.8 Å². The van der Waals surface area contributed by atoms with E-state index in [0.717, 1.165) is 62.5 Å². The number of anilines is 1. The first-order valence-corrected chi connectivity index (χ1v) is 16.5. The van der Waals surface area contributed by atoms with Crippen molar-refractivity contribution in [1.29, 1.82) is 0 Å². The molecule has 0 saturated carbocycles. The van der Waals surface area contributed by atoms with Crippen LogP contribution in [0.2, 0.25) is 0 Å². The Morgan fingerprint density at radius 2 is 1.59 bits per heavy atom. The number of rotatable bonds is 5. The Morgan fingerprint density at radius 3 is 2.25 bits per heavy atom. The third-order valence-corrected chi connectivity index (χ3v) is 11.3. The number of sulfonamides is 1. The first kappa shape index (κ1) is 30.6. The lowest BCUT2D eigenvalue weighted by Crippen LogP contribution is -2.48. The van der Waals surface area contributed by atoms with Crippen LogP contribution in [0.15, 0.2) is 71.9 Å². The summed E-state index contributed by atoms with van der Waals surface area (Å²) in [4.78, 5) is 21.6. The highest BCUT2D eigenvalue weighted by molar-refractivity contribution is 7.89. The lowest BCUT2D eigenvalue weighted by molar-refractivity contribution is -0.137. The van der Waals surface area contributed by atoms with Crippen molar-refractivity contribution in [2.24, 2.45) is 10.8 Å². The van der Waals surface area contributed by atoms with E-state index < -0.39 is 38.1 Å². The molecule has 2 saturated heterocycles. The molecular weight excluding hydrogens is 589 g/mol. The maximum Gasteiger partial charge on any atom is 0.416 e. The van der Waals surface area contributed by atoms with Crippen molar-refractivity contribution < 1.29 is 26.4 Å². The first-order chi connectivity index (χ1) is 20.8. The fourth-order valence-corrected chi connectivity index (χ4v) is 8.55. The molecule has 6 rings (SSSR count). The van der Waals surface area contributed by atoms with Crippen molar-refractivity contribution >= 4 is 21.6 Å². The molecule has 0 bridgehead atoms. The summed E-state index contributed by atoms with van der Waals surface area (Å²) in [5.41, 5.74) is 1.94. The molecule has 1 aromatic heterocycles. The van der Waals surface area contributed by atoms with Crippen molar-refractivity contribution in [1.82, 2.24) is 14.6 Å². The van der Waals surface area contributed by atoms with Crippen LogP contribution in [0.1, 0.15) is 72.6 Å². The molecule has 2 aromatic carbocycles. The van der Waals surface area contributed by atoms with E-state index in [9.17, 15) is 26.4 Å². The Morgan fingerprint density at radius 1 is 0.932 bits per heavy atom. The van der Waals surface area contributed by atoms with Crippen LogP contribution >= 0.6 is 0 Å². The number of likely N-dealkylation sites (tertiary alicyclic amines) is 1. The van der Waals surface area contributed by atoms with Crippen LogP contribution in [-0.4, -0.2) is 50.4 Å². The Labute approximate surface area is 256 Å². The van der Waals surface area contributed by atoms with E-state index in [-0.39, 0.29) is 11.3 Å². The Hall–Kier alpha value is -3.44. The molecule has 1 N–H and O–H groups in total. The summed E-state index contributed by atoms with van der Waals surface area (Å²) < 4.78 is 69.2. The molecule has 1 unspecified atom stereocenters. The zero-order valence-electron chi connectivity index (χ0n) is 24.9. The summed E-state index contributed by atoms with van der Waals surface area (Å²) in [6, 6.07) is 12.6. The fraction of sp³-hybridized carbons (Fsp3) is 0.455. The Bertz CT molecular complexity index is 1640. The summed E-state index contributed by atoms with van der Waals surface area (Å²) in [7, 11) is -4.28. The Balaban J connectivity index is 1.15. The van der Waals surface area contributed by atoms with Crippen molar-refractivity contribution in [3.63, 3.8) is 0 Å². The monoisotopic (exact) mass is 626 g/mol. The third-order valence-electron chi connectivity index (χ3n) is 9.84. The van der Waals surface area contributed by atoms with Gasteiger partial charge in [-0.2, -0.15) is 13.2 Å². The van der Waals surface area contributed by atoms with E-state index in [1.807, 2.05) is 49.3 Å². The summed E-state index contributed by atoms with van der Waals surface area (Å²) in [6.07, 6.45) is 3.59. The highest BCUT2D eigenvalue weighted by atomic mass is 32.2. The number of hydrogen-bond acceptors (Lipinski definition) is 5. The number of hydrogen-bond donors (Lipinski definition) is 1. The van der Waals surface area contributed by atoms with Crippen LogP contribution in [0.5, 0.6) is 0 Å². The van der Waals surface area contributed by atoms with Crippen LogP contribution in [0.25, 0.3) is 0 Å². The third kappa shape index (κ3) is 5.96. The number of nitrogens with zero attached hydrogens (tertiary/aromatic N) is 3. The van der Waals surface area contributed by atoms with Gasteiger partial charge in [0.15, 0.2) is 0 Å². The number of pyridine rings is 1. The molecule has 44 heavy (non-hydrogen) atoms. The first-order valence-electron chi connectivity index (χ1n) is 15.0. The topological polar surface area (TPSA) is 82.6 Å². The SMILES string of the molecule is CC1(C)Cc2ccc(C(=O)N3CCC4(CC3)CCN(c3ccncc3)CC4)cc2C1NS(=O)(=O)c1cccc(C(F)(F)F)c1. The van der Waals surface area contributed by atoms with Gasteiger partial charge in [0.2, 0.25) is 10.0 Å². The van der Waals surface area contributed by atoms with E-state index in [2.05, 4.69) is 14.6 Å². The molecule has 234 valence electrons. The Kier molecular flexibility index (Phi) is 7.76. The molecule has 0 radical (unpaired) electrons. The molecule has 1 aliphatic carbocycles. The van der Waals surface area contributed by atoms with Gasteiger partial charge >= 0.3 is 6.18 Å². The molecule has 3 heterocycles. The van der Waals surface area contributed by atoms with Crippen molar-refractivity contribution in [3.05, 3.63) is 89.2 Å². The van der Waals surface area contributed by atoms with E-state index in [0.29, 0.717) is 36.7 Å². The number of halogens is 3. The number of carbonyl (C=O) groups is 1. The number of benzene rings is 2. The summed E-state index contributed by atoms with van der Waals surface area (Å²) in [5.74, 6) is -0.0823. The molecule has 1 spiro atoms. The molecule has 2 fully saturated rings. The minimum absolute atomic E-state index is 0.0823. The van der Waals surface area contributed by atoms with Crippen LogP contribution in [-0.2, 0) is 22.6 Å². The zero-order chi connectivity index (χ0) is 31.3. The van der Waals surface area contributed by atoms with E-state index in [1.54, 1.807) is 12.1 Å². The van der Waals surface area contributed by atoms with Gasteiger partial charge in [0.05, 0.1) is 16.5 Å². The summed E-state index contributed by atoms with van der Waals surface area (Å²) >= 11 is 0. The van der Waals surface area contributed by atoms with Crippen LogP contribution < -0.4 is 9.62 Å². The number of alkyl halides is 3. The lowest BCUT2D eigenvalue weighted by Gasteiger charge is -2.47. The zero-order valence-corrected chi connectivity index (χ0v) is 25.7.